The molecule has 4 aromatic carbocycles. The van der Waals surface area contributed by atoms with E-state index in [2.05, 4.69) is 22.5 Å². The summed E-state index contributed by atoms with van der Waals surface area (Å²) in [6.45, 7) is 4.39. The average Bonchev–Trinajstić information content (AvgIpc) is 3.64. The van der Waals surface area contributed by atoms with Crippen molar-refractivity contribution < 1.29 is 33.8 Å². The number of fused-ring (bicyclic) bond motifs is 4. The van der Waals surface area contributed by atoms with E-state index in [4.69, 9.17) is 32.7 Å². The van der Waals surface area contributed by atoms with Crippen molar-refractivity contribution in [1.82, 2.24) is 14.8 Å². The number of imide groups is 2. The van der Waals surface area contributed by atoms with Crippen LogP contribution in [0.15, 0.2) is 103 Å². The van der Waals surface area contributed by atoms with Crippen LogP contribution in [0.5, 0.6) is 17.2 Å². The Morgan fingerprint density at radius 1 is 0.867 bits per heavy atom. The predicted molar refractivity (Wildman–Crippen MR) is 226 cm³/mol. The number of methoxy groups -OCH3 is 1. The smallest absolute Gasteiger partial charge is 0.260 e. The van der Waals surface area contributed by atoms with Gasteiger partial charge in [0.05, 0.1) is 47.6 Å². The van der Waals surface area contributed by atoms with Crippen molar-refractivity contribution in [2.75, 3.05) is 32.2 Å². The second-order valence-corrected chi connectivity index (χ2v) is 17.2. The van der Waals surface area contributed by atoms with E-state index in [1.165, 1.54) is 16.5 Å². The van der Waals surface area contributed by atoms with Crippen molar-refractivity contribution in [2.24, 2.45) is 23.7 Å². The Balaban J connectivity index is 1.14. The number of hydrogen-bond acceptors (Lipinski definition) is 9. The number of para-hydroxylation sites is 1. The lowest BCUT2D eigenvalue weighted by atomic mass is 9.49. The standard InChI is InChI=1S/C47H46Cl2N4O7/c1-3-60-39-11-7-10-34(42(39)54)41-32-17-18-33-40(45(57)52(43(33)55)30-20-22-51(23-21-30)26-27-8-5-4-6-9-27)35(32)25-36-44(56)53(50-38-19-14-29(48)24-37(38)49)46(58)47(36,41)28-12-15-31(59-2)16-13-28/h4-17,19,24,30,33,35-36,40-41,50,54H,3,18,20-23,25-26H2,1-2H3. The molecule has 9 rings (SSSR count). The fraction of sp³-hybridized carbons (Fsp3) is 0.362. The van der Waals surface area contributed by atoms with E-state index < -0.39 is 46.8 Å². The number of piperidine rings is 1. The van der Waals surface area contributed by atoms with E-state index in [9.17, 15) is 14.7 Å². The van der Waals surface area contributed by atoms with Crippen molar-refractivity contribution in [3.8, 4) is 17.2 Å². The minimum absolute atomic E-state index is 0.112. The summed E-state index contributed by atoms with van der Waals surface area (Å²) in [6.07, 6.45) is 3.71. The molecule has 2 N–H and O–H groups in total. The molecule has 0 bridgehead atoms. The monoisotopic (exact) mass is 848 g/mol. The summed E-state index contributed by atoms with van der Waals surface area (Å²) in [7, 11) is 1.55. The van der Waals surface area contributed by atoms with Crippen LogP contribution in [0.4, 0.5) is 5.69 Å². The van der Waals surface area contributed by atoms with Crippen LogP contribution < -0.4 is 14.9 Å². The summed E-state index contributed by atoms with van der Waals surface area (Å²) in [6, 6.07) is 27.0. The maximum absolute atomic E-state index is 15.6. The average molecular weight is 850 g/mol. The van der Waals surface area contributed by atoms with Crippen LogP contribution in [0.3, 0.4) is 0 Å². The zero-order valence-corrected chi connectivity index (χ0v) is 34.9. The molecule has 6 unspecified atom stereocenters. The van der Waals surface area contributed by atoms with Gasteiger partial charge in [-0.3, -0.25) is 34.4 Å². The van der Waals surface area contributed by atoms with Gasteiger partial charge >= 0.3 is 0 Å². The van der Waals surface area contributed by atoms with E-state index in [1.54, 1.807) is 61.7 Å². The summed E-state index contributed by atoms with van der Waals surface area (Å²) in [4.78, 5) is 64.0. The number of halogens is 2. The number of nitrogens with one attached hydrogen (secondary N) is 1. The third-order valence-corrected chi connectivity index (χ3v) is 14.0. The van der Waals surface area contributed by atoms with Gasteiger partial charge < -0.3 is 14.6 Å². The molecule has 3 heterocycles. The second-order valence-electron chi connectivity index (χ2n) is 16.4. The van der Waals surface area contributed by atoms with Crippen molar-refractivity contribution >= 4 is 52.5 Å². The Morgan fingerprint density at radius 3 is 2.32 bits per heavy atom. The third-order valence-electron chi connectivity index (χ3n) is 13.4. The molecule has 310 valence electrons. The van der Waals surface area contributed by atoms with Crippen molar-refractivity contribution in [2.45, 2.75) is 56.5 Å². The summed E-state index contributed by atoms with van der Waals surface area (Å²) in [5.41, 5.74) is 4.55. The highest BCUT2D eigenvalue weighted by Gasteiger charge is 2.71. The molecular weight excluding hydrogens is 803 g/mol. The summed E-state index contributed by atoms with van der Waals surface area (Å²) in [5, 5.41) is 13.7. The largest absolute Gasteiger partial charge is 0.504 e. The highest BCUT2D eigenvalue weighted by Crippen LogP contribution is 2.65. The number of carbonyl (C=O) groups is 4. The minimum atomic E-state index is -1.62. The van der Waals surface area contributed by atoms with E-state index in [0.717, 1.165) is 30.2 Å². The van der Waals surface area contributed by atoms with E-state index in [-0.39, 0.29) is 53.8 Å². The topological polar surface area (TPSA) is 129 Å². The van der Waals surface area contributed by atoms with Gasteiger partial charge in [-0.05, 0) is 86.1 Å². The minimum Gasteiger partial charge on any atom is -0.504 e. The molecular formula is C47H46Cl2N4O7. The lowest BCUT2D eigenvalue weighted by Crippen LogP contribution is -2.53. The van der Waals surface area contributed by atoms with Crippen LogP contribution in [0.2, 0.25) is 10.0 Å². The highest BCUT2D eigenvalue weighted by atomic mass is 35.5. The van der Waals surface area contributed by atoms with Crippen LogP contribution in [0.25, 0.3) is 0 Å². The molecule has 3 aliphatic heterocycles. The first kappa shape index (κ1) is 40.1. The van der Waals surface area contributed by atoms with Gasteiger partial charge in [-0.1, -0.05) is 89.4 Å². The Kier molecular flexibility index (Phi) is 10.6. The molecule has 13 heteroatoms. The number of phenols is 1. The van der Waals surface area contributed by atoms with E-state index >= 15 is 9.59 Å². The first-order valence-electron chi connectivity index (χ1n) is 20.6. The molecule has 1 saturated carbocycles. The number of ether oxygens (including phenoxy) is 2. The van der Waals surface area contributed by atoms with Gasteiger partial charge in [0, 0.05) is 42.2 Å². The number of rotatable bonds is 10. The lowest BCUT2D eigenvalue weighted by Gasteiger charge is -2.50. The number of nitrogens with zero attached hydrogens (tertiary/aromatic N) is 3. The van der Waals surface area contributed by atoms with Gasteiger partial charge in [0.25, 0.3) is 11.8 Å². The van der Waals surface area contributed by atoms with Crippen LogP contribution in [0, 0.1) is 23.7 Å². The van der Waals surface area contributed by atoms with Gasteiger partial charge in [-0.15, -0.1) is 0 Å². The van der Waals surface area contributed by atoms with Crippen LogP contribution in [-0.2, 0) is 31.1 Å². The van der Waals surface area contributed by atoms with Gasteiger partial charge in [-0.2, -0.15) is 5.01 Å². The molecule has 4 amide bonds. The lowest BCUT2D eigenvalue weighted by molar-refractivity contribution is -0.144. The highest BCUT2D eigenvalue weighted by molar-refractivity contribution is 6.36. The second kappa shape index (κ2) is 15.9. The molecule has 0 aromatic heterocycles. The number of likely N-dealkylation sites (tertiary alicyclic amines) is 2. The van der Waals surface area contributed by atoms with Crippen molar-refractivity contribution in [3.63, 3.8) is 0 Å². The zero-order valence-electron chi connectivity index (χ0n) is 33.4. The zero-order chi connectivity index (χ0) is 41.9. The number of hydrazine groups is 1. The number of hydrogen-bond donors (Lipinski definition) is 2. The predicted octanol–water partition coefficient (Wildman–Crippen LogP) is 7.76. The Hall–Kier alpha value is -5.36. The molecule has 4 aromatic rings. The molecule has 2 aliphatic carbocycles. The maximum atomic E-state index is 15.6. The Bertz CT molecular complexity index is 2380. The third kappa shape index (κ3) is 6.44. The first-order valence-corrected chi connectivity index (χ1v) is 21.3. The number of benzene rings is 4. The molecule has 60 heavy (non-hydrogen) atoms. The van der Waals surface area contributed by atoms with Crippen molar-refractivity contribution in [1.29, 1.82) is 0 Å². The quantitative estimate of drug-likeness (QED) is 0.122. The fourth-order valence-corrected chi connectivity index (χ4v) is 11.2. The number of amides is 4. The van der Waals surface area contributed by atoms with Crippen molar-refractivity contribution in [3.05, 3.63) is 129 Å². The van der Waals surface area contributed by atoms with Gasteiger partial charge in [-0.25, -0.2) is 0 Å². The number of anilines is 1. The molecule has 0 spiro atoms. The van der Waals surface area contributed by atoms with E-state index in [1.807, 2.05) is 31.2 Å². The molecule has 5 aliphatic rings. The van der Waals surface area contributed by atoms with E-state index in [0.29, 0.717) is 40.4 Å². The van der Waals surface area contributed by atoms with Crippen LogP contribution >= 0.6 is 23.2 Å². The van der Waals surface area contributed by atoms with Gasteiger partial charge in [0.15, 0.2) is 11.5 Å². The molecule has 4 fully saturated rings. The Morgan fingerprint density at radius 2 is 1.62 bits per heavy atom. The number of carbonyl (C=O) groups excluding carboxylic acids is 4. The van der Waals surface area contributed by atoms with Crippen LogP contribution in [0.1, 0.15) is 55.2 Å². The molecule has 0 radical (unpaired) electrons. The number of allylic oxidation sites excluding steroid dienone is 2. The molecule has 3 saturated heterocycles. The number of phenolic OH excluding ortho intramolecular Hbond substituents is 1. The molecule has 6 atom stereocenters. The number of aromatic hydroxyl groups is 1. The summed E-state index contributed by atoms with van der Waals surface area (Å²) < 4.78 is 11.4. The first-order chi connectivity index (χ1) is 29.1. The Labute approximate surface area is 358 Å². The summed E-state index contributed by atoms with van der Waals surface area (Å²) in [5.74, 6) is -4.79. The normalized spacial score (nSPS) is 26.7. The van der Waals surface area contributed by atoms with Crippen LogP contribution in [-0.4, -0.2) is 76.4 Å². The molecule has 11 nitrogen and oxygen atoms in total. The van der Waals surface area contributed by atoms with Gasteiger partial charge in [0.1, 0.15) is 5.75 Å². The summed E-state index contributed by atoms with van der Waals surface area (Å²) >= 11 is 12.8. The fourth-order valence-electron chi connectivity index (χ4n) is 10.8. The SMILES string of the molecule is CCOc1cccc(C2C3=CCC4C(=O)N(C5CCN(Cc6ccccc6)CC5)C(=O)C4C3CC3C(=O)N(Nc4ccc(Cl)cc4Cl)C(=O)C32c2ccc(OC)cc2)c1O. The van der Waals surface area contributed by atoms with Gasteiger partial charge in [0.2, 0.25) is 11.8 Å². The maximum Gasteiger partial charge on any atom is 0.260 e.